The van der Waals surface area contributed by atoms with E-state index in [1.165, 1.54) is 0 Å². The number of aliphatic hydroxyl groups is 1. The number of hydrogen-bond donors (Lipinski definition) is 1. The fraction of sp³-hybridized carbons (Fsp3) is 0.478. The van der Waals surface area contributed by atoms with Gasteiger partial charge < -0.3 is 24.2 Å². The Balaban J connectivity index is 1.81. The molecule has 0 unspecified atom stereocenters. The van der Waals surface area contributed by atoms with Crippen molar-refractivity contribution in [1.82, 2.24) is 14.8 Å². The molecule has 3 aromatic rings. The molecule has 1 N–H and O–H groups in total. The summed E-state index contributed by atoms with van der Waals surface area (Å²) in [7, 11) is 3.27. The van der Waals surface area contributed by atoms with Crippen LogP contribution in [0.5, 0.6) is 11.5 Å². The molecule has 0 amide bonds. The second-order valence-electron chi connectivity index (χ2n) is 8.42. The van der Waals surface area contributed by atoms with Gasteiger partial charge in [-0.15, -0.1) is 0 Å². The molecule has 3 heterocycles. The van der Waals surface area contributed by atoms with Gasteiger partial charge in [0.05, 0.1) is 51.8 Å². The van der Waals surface area contributed by atoms with E-state index in [1.807, 2.05) is 28.9 Å². The number of pyridine rings is 1. The van der Waals surface area contributed by atoms with E-state index in [9.17, 15) is 5.11 Å². The first-order valence-electron chi connectivity index (χ1n) is 10.5. The SMILES string of the molecule is COc1ccc(Cn2ncc3c(C(C)(C)O)cc(N4CCOC[C@H]4C)nc32)c(OC)c1. The van der Waals surface area contributed by atoms with Gasteiger partial charge in [0.1, 0.15) is 17.3 Å². The van der Waals surface area contributed by atoms with Crippen LogP contribution in [0.15, 0.2) is 30.5 Å². The number of fused-ring (bicyclic) bond motifs is 1. The van der Waals surface area contributed by atoms with Gasteiger partial charge in [0.2, 0.25) is 0 Å². The van der Waals surface area contributed by atoms with E-state index in [2.05, 4.69) is 16.9 Å². The molecule has 1 saturated heterocycles. The maximum absolute atomic E-state index is 10.9. The molecule has 1 fully saturated rings. The molecule has 4 rings (SSSR count). The number of aromatic nitrogens is 3. The second-order valence-corrected chi connectivity index (χ2v) is 8.42. The van der Waals surface area contributed by atoms with E-state index in [4.69, 9.17) is 19.2 Å². The third kappa shape index (κ3) is 4.18. The monoisotopic (exact) mass is 426 g/mol. The van der Waals surface area contributed by atoms with Gasteiger partial charge in [-0.3, -0.25) is 0 Å². The Kier molecular flexibility index (Phi) is 5.77. The molecular formula is C23H30N4O4. The van der Waals surface area contributed by atoms with Gasteiger partial charge in [-0.1, -0.05) is 0 Å². The summed E-state index contributed by atoms with van der Waals surface area (Å²) in [5.41, 5.74) is 1.47. The van der Waals surface area contributed by atoms with Crippen LogP contribution in [0, 0.1) is 0 Å². The quantitative estimate of drug-likeness (QED) is 0.649. The molecule has 0 saturated carbocycles. The van der Waals surface area contributed by atoms with Crippen LogP contribution in [0.2, 0.25) is 0 Å². The fourth-order valence-electron chi connectivity index (χ4n) is 4.01. The zero-order valence-corrected chi connectivity index (χ0v) is 18.8. The first-order valence-corrected chi connectivity index (χ1v) is 10.5. The van der Waals surface area contributed by atoms with Gasteiger partial charge in [-0.2, -0.15) is 5.10 Å². The Morgan fingerprint density at radius 2 is 2.03 bits per heavy atom. The summed E-state index contributed by atoms with van der Waals surface area (Å²) >= 11 is 0. The van der Waals surface area contributed by atoms with Crippen LogP contribution in [-0.4, -0.2) is 59.9 Å². The maximum Gasteiger partial charge on any atom is 0.160 e. The average Bonchev–Trinajstić information content (AvgIpc) is 3.15. The summed E-state index contributed by atoms with van der Waals surface area (Å²) in [6, 6.07) is 7.91. The summed E-state index contributed by atoms with van der Waals surface area (Å²) in [6.07, 6.45) is 1.78. The number of anilines is 1. The highest BCUT2D eigenvalue weighted by molar-refractivity contribution is 5.82. The zero-order chi connectivity index (χ0) is 22.2. The highest BCUT2D eigenvalue weighted by Crippen LogP contribution is 2.33. The first-order chi connectivity index (χ1) is 14.8. The van der Waals surface area contributed by atoms with E-state index < -0.39 is 5.60 Å². The normalized spacial score (nSPS) is 17.2. The Bertz CT molecular complexity index is 1070. The van der Waals surface area contributed by atoms with E-state index in [0.717, 1.165) is 46.0 Å². The number of methoxy groups -OCH3 is 2. The van der Waals surface area contributed by atoms with Crippen molar-refractivity contribution in [2.24, 2.45) is 0 Å². The molecule has 2 aromatic heterocycles. The lowest BCUT2D eigenvalue weighted by Crippen LogP contribution is -2.44. The fourth-order valence-corrected chi connectivity index (χ4v) is 4.01. The molecule has 8 heteroatoms. The molecule has 8 nitrogen and oxygen atoms in total. The smallest absolute Gasteiger partial charge is 0.160 e. The van der Waals surface area contributed by atoms with Crippen molar-refractivity contribution in [3.8, 4) is 11.5 Å². The summed E-state index contributed by atoms with van der Waals surface area (Å²) < 4.78 is 18.3. The van der Waals surface area contributed by atoms with Crippen LogP contribution in [0.3, 0.4) is 0 Å². The van der Waals surface area contributed by atoms with Crippen molar-refractivity contribution >= 4 is 16.9 Å². The molecule has 166 valence electrons. The third-order valence-electron chi connectivity index (χ3n) is 5.73. The molecule has 0 radical (unpaired) electrons. The predicted octanol–water partition coefficient (Wildman–Crippen LogP) is 2.95. The van der Waals surface area contributed by atoms with E-state index in [0.29, 0.717) is 19.8 Å². The standard InChI is InChI=1S/C23H30N4O4/c1-15-14-31-9-8-26(15)21-11-19(23(2,3)28)18-12-24-27(22(18)25-21)13-16-6-7-17(29-4)10-20(16)30-5/h6-7,10-12,15,28H,8-9,13-14H2,1-5H3/t15-/m1/s1. The maximum atomic E-state index is 10.9. The molecule has 0 bridgehead atoms. The number of hydrogen-bond acceptors (Lipinski definition) is 7. The van der Waals surface area contributed by atoms with Gasteiger partial charge in [0.25, 0.3) is 0 Å². The summed E-state index contributed by atoms with van der Waals surface area (Å²) in [5.74, 6) is 2.28. The van der Waals surface area contributed by atoms with Gasteiger partial charge in [-0.25, -0.2) is 9.67 Å². The molecular weight excluding hydrogens is 396 g/mol. The van der Waals surface area contributed by atoms with Crippen LogP contribution in [-0.2, 0) is 16.9 Å². The van der Waals surface area contributed by atoms with Gasteiger partial charge in [0, 0.05) is 23.6 Å². The lowest BCUT2D eigenvalue weighted by atomic mass is 9.96. The first kappa shape index (κ1) is 21.4. The van der Waals surface area contributed by atoms with Crippen molar-refractivity contribution < 1.29 is 19.3 Å². The van der Waals surface area contributed by atoms with Crippen molar-refractivity contribution in [2.45, 2.75) is 39.0 Å². The molecule has 1 aliphatic rings. The lowest BCUT2D eigenvalue weighted by molar-refractivity contribution is 0.0799. The molecule has 1 atom stereocenters. The van der Waals surface area contributed by atoms with Crippen LogP contribution < -0.4 is 14.4 Å². The van der Waals surface area contributed by atoms with Crippen LogP contribution >= 0.6 is 0 Å². The molecule has 1 aliphatic heterocycles. The highest BCUT2D eigenvalue weighted by Gasteiger charge is 2.27. The number of rotatable bonds is 6. The van der Waals surface area contributed by atoms with Gasteiger partial charge >= 0.3 is 0 Å². The minimum atomic E-state index is -1.03. The Labute approximate surface area is 182 Å². The third-order valence-corrected chi connectivity index (χ3v) is 5.73. The second kappa shape index (κ2) is 8.36. The molecule has 1 aromatic carbocycles. The minimum Gasteiger partial charge on any atom is -0.497 e. The molecule has 31 heavy (non-hydrogen) atoms. The number of benzene rings is 1. The van der Waals surface area contributed by atoms with Crippen molar-refractivity contribution in [3.63, 3.8) is 0 Å². The van der Waals surface area contributed by atoms with Crippen molar-refractivity contribution in [2.75, 3.05) is 38.9 Å². The van der Waals surface area contributed by atoms with Crippen LogP contribution in [0.25, 0.3) is 11.0 Å². The topological polar surface area (TPSA) is 81.9 Å². The van der Waals surface area contributed by atoms with E-state index >= 15 is 0 Å². The van der Waals surface area contributed by atoms with Crippen molar-refractivity contribution in [3.05, 3.63) is 41.6 Å². The van der Waals surface area contributed by atoms with E-state index in [-0.39, 0.29) is 6.04 Å². The number of nitrogens with zero attached hydrogens (tertiary/aromatic N) is 4. The van der Waals surface area contributed by atoms with E-state index in [1.54, 1.807) is 34.3 Å². The van der Waals surface area contributed by atoms with Crippen LogP contribution in [0.4, 0.5) is 5.82 Å². The molecule has 0 spiro atoms. The Morgan fingerprint density at radius 1 is 1.23 bits per heavy atom. The largest absolute Gasteiger partial charge is 0.497 e. The minimum absolute atomic E-state index is 0.200. The highest BCUT2D eigenvalue weighted by atomic mass is 16.5. The average molecular weight is 427 g/mol. The number of morpholine rings is 1. The summed E-state index contributed by atoms with van der Waals surface area (Å²) in [6.45, 7) is 8.25. The van der Waals surface area contributed by atoms with Crippen molar-refractivity contribution in [1.29, 1.82) is 0 Å². The van der Waals surface area contributed by atoms with Crippen LogP contribution in [0.1, 0.15) is 31.9 Å². The number of ether oxygens (including phenoxy) is 3. The summed E-state index contributed by atoms with van der Waals surface area (Å²) in [4.78, 5) is 7.19. The summed E-state index contributed by atoms with van der Waals surface area (Å²) in [5, 5.41) is 16.3. The lowest BCUT2D eigenvalue weighted by Gasteiger charge is -2.35. The zero-order valence-electron chi connectivity index (χ0n) is 18.8. The predicted molar refractivity (Wildman–Crippen MR) is 119 cm³/mol. The Morgan fingerprint density at radius 3 is 2.71 bits per heavy atom. The van der Waals surface area contributed by atoms with Gasteiger partial charge in [-0.05, 0) is 44.5 Å². The van der Waals surface area contributed by atoms with Gasteiger partial charge in [0.15, 0.2) is 5.65 Å². The Hall–Kier alpha value is -2.84. The molecule has 0 aliphatic carbocycles.